The summed E-state index contributed by atoms with van der Waals surface area (Å²) in [7, 11) is 0. The van der Waals surface area contributed by atoms with Crippen LogP contribution in [0.4, 0.5) is 0 Å². The Labute approximate surface area is 100 Å². The molecule has 0 heterocycles. The second kappa shape index (κ2) is 7.30. The molecule has 0 aliphatic carbocycles. The summed E-state index contributed by atoms with van der Waals surface area (Å²) in [6.07, 6.45) is 0.170. The van der Waals surface area contributed by atoms with Crippen LogP contribution in [0, 0.1) is 0 Å². The lowest BCUT2D eigenvalue weighted by Crippen LogP contribution is -2.17. The summed E-state index contributed by atoms with van der Waals surface area (Å²) in [6, 6.07) is 8.35. The number of aliphatic carboxylic acids is 1. The summed E-state index contributed by atoms with van der Waals surface area (Å²) in [5, 5.41) is 11.6. The Balaban J connectivity index is 2.29. The average Bonchev–Trinajstić information content (AvgIpc) is 2.27. The number of benzene rings is 1. The fraction of sp³-hybridized carbons (Fsp3) is 0.417. The maximum absolute atomic E-state index is 10.3. The molecule has 88 valence electrons. The molecule has 0 fully saturated rings. The van der Waals surface area contributed by atoms with Gasteiger partial charge in [-0.05, 0) is 23.4 Å². The number of hydrogen-bond acceptors (Lipinski definition) is 3. The minimum Gasteiger partial charge on any atom is -0.481 e. The van der Waals surface area contributed by atoms with E-state index in [0.717, 1.165) is 12.3 Å². The van der Waals surface area contributed by atoms with Gasteiger partial charge < -0.3 is 10.4 Å². The van der Waals surface area contributed by atoms with Crippen LogP contribution in [-0.4, -0.2) is 23.4 Å². The van der Waals surface area contributed by atoms with Gasteiger partial charge in [-0.1, -0.05) is 19.1 Å². The minimum absolute atomic E-state index is 0.170. The zero-order valence-corrected chi connectivity index (χ0v) is 10.2. The Hall–Kier alpha value is -1.00. The quantitative estimate of drug-likeness (QED) is 0.566. The van der Waals surface area contributed by atoms with Gasteiger partial charge >= 0.3 is 5.97 Å². The second-order valence-corrected chi connectivity index (χ2v) is 4.73. The highest BCUT2D eigenvalue weighted by Gasteiger charge is 1.97. The van der Waals surface area contributed by atoms with Crippen molar-refractivity contribution in [3.63, 3.8) is 0 Å². The molecule has 4 heteroatoms. The Morgan fingerprint density at radius 1 is 1.38 bits per heavy atom. The van der Waals surface area contributed by atoms with Gasteiger partial charge in [-0.2, -0.15) is 0 Å². The number of carboxylic acids is 1. The molecule has 0 saturated heterocycles. The molecule has 1 rings (SSSR count). The first-order valence-corrected chi connectivity index (χ1v) is 6.35. The van der Waals surface area contributed by atoms with E-state index in [1.54, 1.807) is 0 Å². The lowest BCUT2D eigenvalue weighted by Gasteiger charge is -2.04. The Bertz CT molecular complexity index is 324. The van der Waals surface area contributed by atoms with Gasteiger partial charge in [-0.25, -0.2) is 0 Å². The van der Waals surface area contributed by atoms with Crippen LogP contribution in [0.5, 0.6) is 0 Å². The van der Waals surface area contributed by atoms with Crippen molar-refractivity contribution in [2.75, 3.05) is 12.3 Å². The number of carbonyl (C=O) groups is 1. The van der Waals surface area contributed by atoms with E-state index in [2.05, 4.69) is 36.5 Å². The van der Waals surface area contributed by atoms with E-state index in [1.165, 1.54) is 10.5 Å². The van der Waals surface area contributed by atoms with Crippen molar-refractivity contribution in [1.29, 1.82) is 0 Å². The van der Waals surface area contributed by atoms with Crippen molar-refractivity contribution in [3.8, 4) is 0 Å². The molecular formula is C12H17NO2S. The van der Waals surface area contributed by atoms with Crippen molar-refractivity contribution in [2.45, 2.75) is 24.8 Å². The van der Waals surface area contributed by atoms with Gasteiger partial charge in [0.2, 0.25) is 0 Å². The van der Waals surface area contributed by atoms with Crippen LogP contribution < -0.4 is 5.32 Å². The molecule has 0 aliphatic heterocycles. The van der Waals surface area contributed by atoms with E-state index in [0.29, 0.717) is 6.54 Å². The van der Waals surface area contributed by atoms with Crippen LogP contribution in [0.3, 0.4) is 0 Å². The third-order valence-electron chi connectivity index (χ3n) is 2.08. The lowest BCUT2D eigenvalue weighted by molar-refractivity contribution is -0.136. The molecule has 0 radical (unpaired) electrons. The van der Waals surface area contributed by atoms with Crippen LogP contribution >= 0.6 is 11.8 Å². The summed E-state index contributed by atoms with van der Waals surface area (Å²) >= 11 is 1.82. The molecule has 0 unspecified atom stereocenters. The van der Waals surface area contributed by atoms with Crippen LogP contribution in [0.2, 0.25) is 0 Å². The summed E-state index contributed by atoms with van der Waals surface area (Å²) in [6.45, 7) is 3.37. The van der Waals surface area contributed by atoms with Gasteiger partial charge in [0.1, 0.15) is 0 Å². The lowest BCUT2D eigenvalue weighted by atomic mass is 10.2. The maximum Gasteiger partial charge on any atom is 0.304 e. The molecule has 0 spiro atoms. The van der Waals surface area contributed by atoms with Gasteiger partial charge in [0.05, 0.1) is 6.42 Å². The third kappa shape index (κ3) is 5.19. The number of carboxylic acid groups (broad SMARTS) is 1. The monoisotopic (exact) mass is 239 g/mol. The molecule has 0 atom stereocenters. The number of thioether (sulfide) groups is 1. The normalized spacial score (nSPS) is 10.3. The summed E-state index contributed by atoms with van der Waals surface area (Å²) in [5.74, 6) is 0.318. The molecule has 2 N–H and O–H groups in total. The average molecular weight is 239 g/mol. The van der Waals surface area contributed by atoms with Crippen molar-refractivity contribution in [2.24, 2.45) is 0 Å². The van der Waals surface area contributed by atoms with E-state index in [-0.39, 0.29) is 6.42 Å². The van der Waals surface area contributed by atoms with Crippen molar-refractivity contribution >= 4 is 17.7 Å². The molecule has 16 heavy (non-hydrogen) atoms. The van der Waals surface area contributed by atoms with E-state index in [1.807, 2.05) is 11.8 Å². The maximum atomic E-state index is 10.3. The standard InChI is InChI=1S/C12H17NO2S/c1-2-16-11-5-3-10(4-6-11)9-13-8-7-12(14)15/h3-6,13H,2,7-9H2,1H3,(H,14,15). The molecule has 3 nitrogen and oxygen atoms in total. The molecule has 0 aliphatic rings. The smallest absolute Gasteiger partial charge is 0.304 e. The fourth-order valence-electron chi connectivity index (χ4n) is 1.30. The zero-order chi connectivity index (χ0) is 11.8. The van der Waals surface area contributed by atoms with Crippen LogP contribution in [-0.2, 0) is 11.3 Å². The van der Waals surface area contributed by atoms with Gasteiger partial charge in [-0.3, -0.25) is 4.79 Å². The minimum atomic E-state index is -0.762. The first-order chi connectivity index (χ1) is 7.72. The number of hydrogen-bond donors (Lipinski definition) is 2. The fourth-order valence-corrected chi connectivity index (χ4v) is 1.96. The molecular weight excluding hydrogens is 222 g/mol. The van der Waals surface area contributed by atoms with Crippen molar-refractivity contribution in [1.82, 2.24) is 5.32 Å². The van der Waals surface area contributed by atoms with Crippen molar-refractivity contribution < 1.29 is 9.90 Å². The molecule has 0 aromatic heterocycles. The van der Waals surface area contributed by atoms with Crippen molar-refractivity contribution in [3.05, 3.63) is 29.8 Å². The second-order valence-electron chi connectivity index (χ2n) is 3.40. The number of rotatable bonds is 7. The predicted octanol–water partition coefficient (Wildman–Crippen LogP) is 2.36. The molecule has 1 aromatic rings. The van der Waals surface area contributed by atoms with E-state index in [4.69, 9.17) is 5.11 Å². The third-order valence-corrected chi connectivity index (χ3v) is 2.97. The van der Waals surface area contributed by atoms with Crippen LogP contribution in [0.15, 0.2) is 29.2 Å². The topological polar surface area (TPSA) is 49.3 Å². The molecule has 0 amide bonds. The SMILES string of the molecule is CCSc1ccc(CNCCC(=O)O)cc1. The first-order valence-electron chi connectivity index (χ1n) is 5.36. The van der Waals surface area contributed by atoms with Gasteiger partial charge in [0.15, 0.2) is 0 Å². The van der Waals surface area contributed by atoms with E-state index >= 15 is 0 Å². The first kappa shape index (κ1) is 13.1. The highest BCUT2D eigenvalue weighted by molar-refractivity contribution is 7.99. The van der Waals surface area contributed by atoms with E-state index in [9.17, 15) is 4.79 Å². The predicted molar refractivity (Wildman–Crippen MR) is 66.8 cm³/mol. The van der Waals surface area contributed by atoms with Crippen LogP contribution in [0.1, 0.15) is 18.9 Å². The summed E-state index contributed by atoms with van der Waals surface area (Å²) < 4.78 is 0. The Morgan fingerprint density at radius 2 is 2.06 bits per heavy atom. The highest BCUT2D eigenvalue weighted by atomic mass is 32.2. The summed E-state index contributed by atoms with van der Waals surface area (Å²) in [4.78, 5) is 11.6. The Kier molecular flexibility index (Phi) is 5.96. The molecule has 1 aromatic carbocycles. The van der Waals surface area contributed by atoms with Gasteiger partial charge in [-0.15, -0.1) is 11.8 Å². The zero-order valence-electron chi connectivity index (χ0n) is 9.40. The Morgan fingerprint density at radius 3 is 2.62 bits per heavy atom. The molecule has 0 bridgehead atoms. The largest absolute Gasteiger partial charge is 0.481 e. The van der Waals surface area contributed by atoms with Gasteiger partial charge in [0.25, 0.3) is 0 Å². The molecule has 0 saturated carbocycles. The van der Waals surface area contributed by atoms with Crippen LogP contribution in [0.25, 0.3) is 0 Å². The highest BCUT2D eigenvalue weighted by Crippen LogP contribution is 2.17. The summed E-state index contributed by atoms with van der Waals surface area (Å²) in [5.41, 5.74) is 1.19. The van der Waals surface area contributed by atoms with Gasteiger partial charge in [0, 0.05) is 18.0 Å². The van der Waals surface area contributed by atoms with E-state index < -0.39 is 5.97 Å². The number of nitrogens with one attached hydrogen (secondary N) is 1.